The number of aromatic nitrogens is 2. The van der Waals surface area contributed by atoms with E-state index in [1.807, 2.05) is 24.1 Å². The number of methoxy groups -OCH3 is 1. The van der Waals surface area contributed by atoms with Crippen LogP contribution < -0.4 is 14.8 Å². The van der Waals surface area contributed by atoms with E-state index in [2.05, 4.69) is 23.4 Å². The molecule has 0 saturated carbocycles. The Hall–Kier alpha value is -2.54. The summed E-state index contributed by atoms with van der Waals surface area (Å²) in [4.78, 5) is 14.8. The predicted octanol–water partition coefficient (Wildman–Crippen LogP) is 2.23. The molecular formula is C20H28N4O3. The Morgan fingerprint density at radius 3 is 2.85 bits per heavy atom. The highest BCUT2D eigenvalue weighted by atomic mass is 16.5. The Morgan fingerprint density at radius 1 is 1.26 bits per heavy atom. The summed E-state index contributed by atoms with van der Waals surface area (Å²) in [5.41, 5.74) is 2.85. The van der Waals surface area contributed by atoms with E-state index in [0.29, 0.717) is 31.3 Å². The number of benzene rings is 1. The number of carbonyl (C=O) groups is 1. The SMILES string of the molecule is CNCCCOc1ccc(CN2CCCn3nc(OC)cc3C2=O)c(C)c1. The fourth-order valence-corrected chi connectivity index (χ4v) is 3.24. The Labute approximate surface area is 160 Å². The zero-order valence-electron chi connectivity index (χ0n) is 16.3. The van der Waals surface area contributed by atoms with E-state index in [0.717, 1.165) is 42.8 Å². The van der Waals surface area contributed by atoms with Crippen molar-refractivity contribution in [3.05, 3.63) is 41.1 Å². The van der Waals surface area contributed by atoms with Crippen LogP contribution in [0.3, 0.4) is 0 Å². The predicted molar refractivity (Wildman–Crippen MR) is 103 cm³/mol. The maximum absolute atomic E-state index is 12.9. The molecule has 1 N–H and O–H groups in total. The van der Waals surface area contributed by atoms with Crippen LogP contribution in [0.2, 0.25) is 0 Å². The zero-order chi connectivity index (χ0) is 19.2. The first-order valence-electron chi connectivity index (χ1n) is 9.40. The normalized spacial score (nSPS) is 14.0. The molecule has 0 saturated heterocycles. The van der Waals surface area contributed by atoms with E-state index in [-0.39, 0.29) is 5.91 Å². The summed E-state index contributed by atoms with van der Waals surface area (Å²) in [7, 11) is 3.50. The van der Waals surface area contributed by atoms with Gasteiger partial charge in [-0.25, -0.2) is 0 Å². The maximum Gasteiger partial charge on any atom is 0.272 e. The van der Waals surface area contributed by atoms with Crippen LogP contribution in [-0.2, 0) is 13.1 Å². The third-order valence-electron chi connectivity index (χ3n) is 4.79. The van der Waals surface area contributed by atoms with Crippen molar-refractivity contribution in [2.75, 3.05) is 33.9 Å². The molecule has 0 radical (unpaired) electrons. The minimum Gasteiger partial charge on any atom is -0.494 e. The molecule has 1 aromatic heterocycles. The van der Waals surface area contributed by atoms with Gasteiger partial charge < -0.3 is 19.7 Å². The van der Waals surface area contributed by atoms with Gasteiger partial charge in [0.1, 0.15) is 11.4 Å². The topological polar surface area (TPSA) is 68.6 Å². The van der Waals surface area contributed by atoms with Gasteiger partial charge in [-0.3, -0.25) is 9.48 Å². The van der Waals surface area contributed by atoms with Crippen LogP contribution in [0.5, 0.6) is 11.6 Å². The quantitative estimate of drug-likeness (QED) is 0.720. The van der Waals surface area contributed by atoms with Crippen LogP contribution in [0.15, 0.2) is 24.3 Å². The second-order valence-electron chi connectivity index (χ2n) is 6.77. The second-order valence-corrected chi connectivity index (χ2v) is 6.77. The number of carbonyl (C=O) groups excluding carboxylic acids is 1. The summed E-state index contributed by atoms with van der Waals surface area (Å²) in [5.74, 6) is 1.35. The highest BCUT2D eigenvalue weighted by Crippen LogP contribution is 2.22. The van der Waals surface area contributed by atoms with Crippen molar-refractivity contribution in [3.63, 3.8) is 0 Å². The fourth-order valence-electron chi connectivity index (χ4n) is 3.24. The molecule has 0 bridgehead atoms. The molecule has 2 aromatic rings. The lowest BCUT2D eigenvalue weighted by Gasteiger charge is -2.21. The van der Waals surface area contributed by atoms with Gasteiger partial charge in [-0.05, 0) is 56.6 Å². The van der Waals surface area contributed by atoms with Gasteiger partial charge in [0.15, 0.2) is 0 Å². The summed E-state index contributed by atoms with van der Waals surface area (Å²) in [6, 6.07) is 7.80. The van der Waals surface area contributed by atoms with Crippen molar-refractivity contribution in [2.45, 2.75) is 32.9 Å². The van der Waals surface area contributed by atoms with Crippen molar-refractivity contribution in [1.82, 2.24) is 20.0 Å². The largest absolute Gasteiger partial charge is 0.494 e. The first-order chi connectivity index (χ1) is 13.1. The Balaban J connectivity index is 1.68. The van der Waals surface area contributed by atoms with Gasteiger partial charge in [-0.1, -0.05) is 6.07 Å². The maximum atomic E-state index is 12.9. The molecule has 0 fully saturated rings. The Morgan fingerprint density at radius 2 is 2.11 bits per heavy atom. The number of fused-ring (bicyclic) bond motifs is 1. The minimum atomic E-state index is -0.00454. The molecule has 7 nitrogen and oxygen atoms in total. The van der Waals surface area contributed by atoms with Crippen molar-refractivity contribution in [1.29, 1.82) is 0 Å². The van der Waals surface area contributed by atoms with Gasteiger partial charge >= 0.3 is 0 Å². The zero-order valence-corrected chi connectivity index (χ0v) is 16.3. The number of hydrogen-bond donors (Lipinski definition) is 1. The number of nitrogens with zero attached hydrogens (tertiary/aromatic N) is 3. The standard InChI is InChI=1S/C20H28N4O3/c1-15-12-17(27-11-4-8-21-2)7-6-16(15)14-23-9-5-10-24-18(20(23)25)13-19(22-24)26-3/h6-7,12-13,21H,4-5,8-11,14H2,1-3H3. The lowest BCUT2D eigenvalue weighted by atomic mass is 10.1. The number of amides is 1. The molecule has 2 heterocycles. The molecule has 1 amide bonds. The van der Waals surface area contributed by atoms with Gasteiger partial charge in [-0.15, -0.1) is 5.10 Å². The molecule has 1 aromatic carbocycles. The first-order valence-corrected chi connectivity index (χ1v) is 9.40. The van der Waals surface area contributed by atoms with Gasteiger partial charge in [0.25, 0.3) is 5.91 Å². The Bertz CT molecular complexity index is 788. The van der Waals surface area contributed by atoms with Crippen molar-refractivity contribution in [2.24, 2.45) is 0 Å². The monoisotopic (exact) mass is 372 g/mol. The van der Waals surface area contributed by atoms with E-state index in [1.165, 1.54) is 0 Å². The molecule has 146 valence electrons. The molecule has 27 heavy (non-hydrogen) atoms. The van der Waals surface area contributed by atoms with Crippen LogP contribution in [0, 0.1) is 6.92 Å². The lowest BCUT2D eigenvalue weighted by molar-refractivity contribution is 0.0745. The molecule has 3 rings (SSSR count). The van der Waals surface area contributed by atoms with E-state index < -0.39 is 0 Å². The highest BCUT2D eigenvalue weighted by Gasteiger charge is 2.25. The summed E-state index contributed by atoms with van der Waals surface area (Å²) in [5, 5.41) is 7.43. The van der Waals surface area contributed by atoms with Crippen LogP contribution in [-0.4, -0.2) is 54.4 Å². The highest BCUT2D eigenvalue weighted by molar-refractivity contribution is 5.93. The van der Waals surface area contributed by atoms with Crippen molar-refractivity contribution in [3.8, 4) is 11.6 Å². The Kier molecular flexibility index (Phi) is 6.34. The molecular weight excluding hydrogens is 344 g/mol. The third-order valence-corrected chi connectivity index (χ3v) is 4.79. The summed E-state index contributed by atoms with van der Waals surface area (Å²) in [6.07, 6.45) is 1.84. The number of rotatable bonds is 8. The molecule has 0 aliphatic carbocycles. The van der Waals surface area contributed by atoms with Gasteiger partial charge in [-0.2, -0.15) is 0 Å². The number of aryl methyl sites for hydroxylation is 2. The van der Waals surface area contributed by atoms with Crippen molar-refractivity contribution < 1.29 is 14.3 Å². The minimum absolute atomic E-state index is 0.00454. The molecule has 1 aliphatic heterocycles. The molecule has 0 unspecified atom stereocenters. The average molecular weight is 372 g/mol. The van der Waals surface area contributed by atoms with Gasteiger partial charge in [0.2, 0.25) is 5.88 Å². The van der Waals surface area contributed by atoms with E-state index in [1.54, 1.807) is 17.9 Å². The fraction of sp³-hybridized carbons (Fsp3) is 0.500. The number of hydrogen-bond acceptors (Lipinski definition) is 5. The first kappa shape index (κ1) is 19.2. The van der Waals surface area contributed by atoms with E-state index in [4.69, 9.17) is 9.47 Å². The van der Waals surface area contributed by atoms with Crippen LogP contribution in [0.4, 0.5) is 0 Å². The smallest absolute Gasteiger partial charge is 0.272 e. The number of nitrogens with one attached hydrogen (secondary N) is 1. The van der Waals surface area contributed by atoms with Crippen molar-refractivity contribution >= 4 is 5.91 Å². The third kappa shape index (κ3) is 4.60. The average Bonchev–Trinajstić information content (AvgIpc) is 3.03. The summed E-state index contributed by atoms with van der Waals surface area (Å²) >= 11 is 0. The summed E-state index contributed by atoms with van der Waals surface area (Å²) in [6.45, 7) is 5.71. The summed E-state index contributed by atoms with van der Waals surface area (Å²) < 4.78 is 12.7. The van der Waals surface area contributed by atoms with Gasteiger partial charge in [0.05, 0.1) is 13.7 Å². The van der Waals surface area contributed by atoms with Crippen LogP contribution >= 0.6 is 0 Å². The van der Waals surface area contributed by atoms with Crippen LogP contribution in [0.1, 0.15) is 34.5 Å². The lowest BCUT2D eigenvalue weighted by Crippen LogP contribution is -2.30. The molecule has 1 aliphatic rings. The molecule has 0 spiro atoms. The number of ether oxygens (including phenoxy) is 2. The molecule has 0 atom stereocenters. The van der Waals surface area contributed by atoms with E-state index in [9.17, 15) is 4.79 Å². The van der Waals surface area contributed by atoms with Gasteiger partial charge in [0, 0.05) is 25.7 Å². The second kappa shape index (κ2) is 8.90. The van der Waals surface area contributed by atoms with Crippen LogP contribution in [0.25, 0.3) is 0 Å². The van der Waals surface area contributed by atoms with E-state index >= 15 is 0 Å². The molecule has 7 heteroatoms.